The first-order valence-electron chi connectivity index (χ1n) is 0.730. The van der Waals surface area contributed by atoms with Crippen molar-refractivity contribution in [2.45, 2.75) is 0 Å². The van der Waals surface area contributed by atoms with E-state index in [2.05, 4.69) is 0 Å². The summed E-state index contributed by atoms with van der Waals surface area (Å²) >= 11 is 0. The van der Waals surface area contributed by atoms with E-state index in [1.54, 1.807) is 0 Å². The van der Waals surface area contributed by atoms with Gasteiger partial charge in [0, 0.05) is 0 Å². The van der Waals surface area contributed by atoms with Crippen molar-refractivity contribution < 1.29 is 19.2 Å². The van der Waals surface area contributed by atoms with E-state index < -0.39 is 7.82 Å². The Labute approximate surface area is 70.1 Å². The van der Waals surface area contributed by atoms with Gasteiger partial charge < -0.3 is 19.2 Å². The second-order valence-corrected chi connectivity index (χ2v) is 1.34. The fourth-order valence-electron chi connectivity index (χ4n) is 0. The quantitative estimate of drug-likeness (QED) is 0.322. The standard InChI is InChI=1S/Al.In.H3O4P/c;;1-5(2,3)4/h;;(H3,1,2,3,4)/q2*+3;/p-3. The Hall–Kier alpha value is 1.51. The van der Waals surface area contributed by atoms with Gasteiger partial charge in [-0.2, -0.15) is 7.82 Å². The molecule has 7 heavy (non-hydrogen) atoms. The maximum atomic E-state index is 8.55. The Kier molecular flexibility index (Phi) is 12.8. The van der Waals surface area contributed by atoms with E-state index in [9.17, 15) is 0 Å². The third-order valence-corrected chi connectivity index (χ3v) is 0. The van der Waals surface area contributed by atoms with Crippen LogP contribution < -0.4 is 14.7 Å². The molecule has 0 aliphatic heterocycles. The van der Waals surface area contributed by atoms with Crippen molar-refractivity contribution in [3.05, 3.63) is 0 Å². The number of phosphoric acid groups is 1. The molecule has 0 amide bonds. The van der Waals surface area contributed by atoms with E-state index in [1.807, 2.05) is 0 Å². The second-order valence-electron chi connectivity index (χ2n) is 0.447. The van der Waals surface area contributed by atoms with Gasteiger partial charge >= 0.3 is 43.2 Å². The van der Waals surface area contributed by atoms with Crippen LogP contribution in [0.3, 0.4) is 0 Å². The normalized spacial score (nSPS) is 8.43. The maximum absolute atomic E-state index is 8.55. The topological polar surface area (TPSA) is 86.2 Å². The molecule has 7 heteroatoms. The zero-order valence-corrected chi connectivity index (χ0v) is 8.58. The summed E-state index contributed by atoms with van der Waals surface area (Å²) in [4.78, 5) is 25.6. The van der Waals surface area contributed by atoms with E-state index in [0.717, 1.165) is 0 Å². The predicted octanol–water partition coefficient (Wildman–Crippen LogP) is -3.59. The fraction of sp³-hybridized carbons (Fsp3) is 0. The van der Waals surface area contributed by atoms with Crippen LogP contribution in [0.5, 0.6) is 0 Å². The van der Waals surface area contributed by atoms with Gasteiger partial charge in [-0.05, 0) is 0 Å². The van der Waals surface area contributed by atoms with Gasteiger partial charge in [0.15, 0.2) is 0 Å². The van der Waals surface area contributed by atoms with E-state index in [0.29, 0.717) is 0 Å². The molecule has 0 aliphatic rings. The van der Waals surface area contributed by atoms with Crippen LogP contribution in [0.4, 0.5) is 0 Å². The van der Waals surface area contributed by atoms with E-state index in [1.165, 1.54) is 0 Å². The van der Waals surface area contributed by atoms with E-state index in [-0.39, 0.29) is 43.2 Å². The van der Waals surface area contributed by atoms with Gasteiger partial charge in [-0.1, -0.05) is 0 Å². The molecule has 0 saturated heterocycles. The van der Waals surface area contributed by atoms with Crippen LogP contribution in [0.1, 0.15) is 0 Å². The van der Waals surface area contributed by atoms with Gasteiger partial charge in [0.2, 0.25) is 0 Å². The molecule has 0 radical (unpaired) electrons. The molecule has 0 spiro atoms. The Balaban J connectivity index is -0.0000000800. The summed E-state index contributed by atoms with van der Waals surface area (Å²) in [5.41, 5.74) is 0. The molecule has 0 saturated carbocycles. The molecule has 0 rings (SSSR count). The molecule has 32 valence electrons. The number of hydrogen-bond donors (Lipinski definition) is 0. The first kappa shape index (κ1) is 15.8. The summed E-state index contributed by atoms with van der Waals surface area (Å²) in [7, 11) is -5.39. The van der Waals surface area contributed by atoms with Crippen molar-refractivity contribution in [1.82, 2.24) is 0 Å². The van der Waals surface area contributed by atoms with Crippen LogP contribution in [0.15, 0.2) is 0 Å². The van der Waals surface area contributed by atoms with Crippen molar-refractivity contribution in [3.63, 3.8) is 0 Å². The van der Waals surface area contributed by atoms with Crippen LogP contribution in [-0.4, -0.2) is 43.2 Å². The van der Waals surface area contributed by atoms with Gasteiger partial charge in [0.25, 0.3) is 0 Å². The average Bonchev–Trinajstić information content (AvgIpc) is 0.722. The van der Waals surface area contributed by atoms with Gasteiger partial charge in [-0.25, -0.2) is 0 Å². The SMILES string of the molecule is O=P([O-])([O-])[O-].[Al+3].[In+3]. The van der Waals surface area contributed by atoms with Crippen LogP contribution in [-0.2, 0) is 4.57 Å². The van der Waals surface area contributed by atoms with Crippen molar-refractivity contribution in [2.75, 3.05) is 0 Å². The van der Waals surface area contributed by atoms with Gasteiger partial charge in [-0.15, -0.1) is 0 Å². The maximum Gasteiger partial charge on any atom is 3.00 e. The molecule has 0 unspecified atom stereocenters. The van der Waals surface area contributed by atoms with Gasteiger partial charge in [-0.3, -0.25) is 0 Å². The third kappa shape index (κ3) is 99.8. The van der Waals surface area contributed by atoms with E-state index in [4.69, 9.17) is 19.2 Å². The largest absolute Gasteiger partial charge is 3.00 e. The third-order valence-electron chi connectivity index (χ3n) is 0. The summed E-state index contributed by atoms with van der Waals surface area (Å²) in [5.74, 6) is 0. The minimum atomic E-state index is -5.39. The zero-order chi connectivity index (χ0) is 4.50. The van der Waals surface area contributed by atoms with Crippen molar-refractivity contribution in [1.29, 1.82) is 0 Å². The summed E-state index contributed by atoms with van der Waals surface area (Å²) in [6.45, 7) is 0. The first-order valence-corrected chi connectivity index (χ1v) is 2.19. The Bertz CT molecular complexity index is 57.8. The Morgan fingerprint density at radius 3 is 1.14 bits per heavy atom. The van der Waals surface area contributed by atoms with Crippen LogP contribution >= 0.6 is 7.82 Å². The molecule has 4 nitrogen and oxygen atoms in total. The van der Waals surface area contributed by atoms with Crippen molar-refractivity contribution >= 4 is 51.0 Å². The summed E-state index contributed by atoms with van der Waals surface area (Å²) in [5, 5.41) is 0. The summed E-state index contributed by atoms with van der Waals surface area (Å²) < 4.78 is 8.55. The van der Waals surface area contributed by atoms with Crippen LogP contribution in [0, 0.1) is 0 Å². The molecule has 0 aromatic heterocycles. The van der Waals surface area contributed by atoms with Crippen LogP contribution in [0.25, 0.3) is 0 Å². The fourth-order valence-corrected chi connectivity index (χ4v) is 0. The predicted molar refractivity (Wildman–Crippen MR) is 19.1 cm³/mol. The van der Waals surface area contributed by atoms with E-state index >= 15 is 0 Å². The first-order chi connectivity index (χ1) is 2.00. The van der Waals surface area contributed by atoms with Gasteiger partial charge in [0.05, 0.1) is 0 Å². The number of rotatable bonds is 0. The minimum absolute atomic E-state index is 0. The molecule has 0 atom stereocenters. The van der Waals surface area contributed by atoms with Crippen LogP contribution in [0.2, 0.25) is 0 Å². The smallest absolute Gasteiger partial charge is 0.822 e. The molecule has 0 aromatic rings. The van der Waals surface area contributed by atoms with Gasteiger partial charge in [0.1, 0.15) is 0 Å². The summed E-state index contributed by atoms with van der Waals surface area (Å²) in [6.07, 6.45) is 0. The average molecular weight is 237 g/mol. The summed E-state index contributed by atoms with van der Waals surface area (Å²) in [6, 6.07) is 0. The Morgan fingerprint density at radius 1 is 1.14 bits per heavy atom. The van der Waals surface area contributed by atoms with Crippen molar-refractivity contribution in [3.8, 4) is 0 Å². The molecular formula is AlInO4P+3. The zero-order valence-electron chi connectivity index (χ0n) is 3.23. The molecular weight excluding hydrogens is 237 g/mol. The molecule has 0 N–H and O–H groups in total. The molecule has 0 heterocycles. The van der Waals surface area contributed by atoms with Crippen molar-refractivity contribution in [2.24, 2.45) is 0 Å². The molecule has 0 aliphatic carbocycles. The minimum Gasteiger partial charge on any atom is -0.822 e. The molecule has 0 aromatic carbocycles. The number of hydrogen-bond acceptors (Lipinski definition) is 4. The second kappa shape index (κ2) is 5.65. The Morgan fingerprint density at radius 2 is 1.14 bits per heavy atom. The molecule has 0 bridgehead atoms. The molecule has 0 fully saturated rings. The monoisotopic (exact) mass is 237 g/mol.